The van der Waals surface area contributed by atoms with Crippen LogP contribution in [0.3, 0.4) is 0 Å². The summed E-state index contributed by atoms with van der Waals surface area (Å²) in [6.45, 7) is 5.59. The quantitative estimate of drug-likeness (QED) is 0.289. The van der Waals surface area contributed by atoms with Crippen LogP contribution in [-0.2, 0) is 35.2 Å². The van der Waals surface area contributed by atoms with Gasteiger partial charge in [-0.2, -0.15) is 4.31 Å². The molecule has 2 unspecified atom stereocenters. The number of ether oxygens (including phenoxy) is 1. The largest absolute Gasteiger partial charge is 0.465 e. The Morgan fingerprint density at radius 3 is 2.58 bits per heavy atom. The summed E-state index contributed by atoms with van der Waals surface area (Å²) in [5, 5.41) is 1.07. The molecule has 12 heteroatoms. The lowest BCUT2D eigenvalue weighted by Gasteiger charge is -2.33. The third-order valence-electron chi connectivity index (χ3n) is 5.82. The molecule has 0 bridgehead atoms. The topological polar surface area (TPSA) is 93.2 Å². The lowest BCUT2D eigenvalue weighted by atomic mass is 9.85. The first-order valence-electron chi connectivity index (χ1n) is 11.5. The van der Waals surface area contributed by atoms with Crippen LogP contribution in [0, 0.1) is 0 Å². The van der Waals surface area contributed by atoms with Crippen LogP contribution >= 0.6 is 30.6 Å². The number of likely N-dealkylation sites (N-methyl/N-ethyl adjacent to an activating group) is 1. The van der Waals surface area contributed by atoms with Crippen LogP contribution in [0.15, 0.2) is 41.3 Å². The van der Waals surface area contributed by atoms with Gasteiger partial charge in [-0.25, -0.2) is 8.42 Å². The van der Waals surface area contributed by atoms with Crippen molar-refractivity contribution in [1.29, 1.82) is 0 Å². The van der Waals surface area contributed by atoms with Crippen molar-refractivity contribution in [2.24, 2.45) is 0 Å². The summed E-state index contributed by atoms with van der Waals surface area (Å²) in [6, 6.07) is 10.1. The Hall–Kier alpha value is -1.45. The highest BCUT2D eigenvalue weighted by Gasteiger charge is 2.34. The van der Waals surface area contributed by atoms with Gasteiger partial charge in [0.05, 0.1) is 24.4 Å². The molecule has 0 N–H and O–H groups in total. The van der Waals surface area contributed by atoms with E-state index < -0.39 is 36.2 Å². The van der Waals surface area contributed by atoms with Gasteiger partial charge in [0.15, 0.2) is 0 Å². The maximum atomic E-state index is 13.7. The molecule has 0 fully saturated rings. The second-order valence-corrected chi connectivity index (χ2v) is 14.1. The van der Waals surface area contributed by atoms with E-state index in [9.17, 15) is 17.8 Å². The average Bonchev–Trinajstić information content (AvgIpc) is 2.79. The number of rotatable bonds is 10. The molecule has 0 saturated carbocycles. The van der Waals surface area contributed by atoms with Gasteiger partial charge in [0, 0.05) is 35.7 Å². The molecule has 0 radical (unpaired) electrons. The molecular weight excluding hydrogens is 546 g/mol. The van der Waals surface area contributed by atoms with E-state index in [0.717, 1.165) is 21.0 Å². The third kappa shape index (κ3) is 6.90. The lowest BCUT2D eigenvalue weighted by Crippen LogP contribution is -2.37. The molecule has 1 aliphatic rings. The van der Waals surface area contributed by atoms with Crippen molar-refractivity contribution in [2.75, 3.05) is 46.3 Å². The number of halogens is 2. The van der Waals surface area contributed by atoms with E-state index in [4.69, 9.17) is 32.5 Å². The van der Waals surface area contributed by atoms with Crippen molar-refractivity contribution in [3.05, 3.63) is 63.1 Å². The van der Waals surface area contributed by atoms with Gasteiger partial charge >= 0.3 is 5.97 Å². The zero-order valence-electron chi connectivity index (χ0n) is 20.7. The van der Waals surface area contributed by atoms with Gasteiger partial charge < -0.3 is 14.2 Å². The maximum absolute atomic E-state index is 13.7. The van der Waals surface area contributed by atoms with Gasteiger partial charge in [0.1, 0.15) is 6.54 Å². The number of esters is 1. The van der Waals surface area contributed by atoms with Gasteiger partial charge in [-0.15, -0.1) is 0 Å². The van der Waals surface area contributed by atoms with Crippen LogP contribution in [0.1, 0.15) is 36.5 Å². The Balaban J connectivity index is 2.04. The average molecular weight is 577 g/mol. The molecule has 0 saturated heterocycles. The molecule has 0 aliphatic carbocycles. The van der Waals surface area contributed by atoms with E-state index in [1.165, 1.54) is 12.7 Å². The monoisotopic (exact) mass is 576 g/mol. The van der Waals surface area contributed by atoms with Crippen molar-refractivity contribution >= 4 is 46.6 Å². The van der Waals surface area contributed by atoms with Gasteiger partial charge in [-0.05, 0) is 61.9 Å². The first-order chi connectivity index (χ1) is 16.9. The molecule has 3 rings (SSSR count). The molecule has 36 heavy (non-hydrogen) atoms. The predicted molar refractivity (Wildman–Crippen MR) is 142 cm³/mol. The zero-order chi connectivity index (χ0) is 26.7. The number of nitrogens with zero attached hydrogens (tertiary/aromatic N) is 2. The van der Waals surface area contributed by atoms with Gasteiger partial charge in [0.25, 0.3) is 0 Å². The van der Waals surface area contributed by atoms with Gasteiger partial charge in [-0.3, -0.25) is 9.36 Å². The van der Waals surface area contributed by atoms with Gasteiger partial charge in [-0.1, -0.05) is 35.3 Å². The van der Waals surface area contributed by atoms with E-state index in [1.54, 1.807) is 32.0 Å². The van der Waals surface area contributed by atoms with Crippen molar-refractivity contribution in [3.8, 4) is 0 Å². The summed E-state index contributed by atoms with van der Waals surface area (Å²) in [5.41, 5.74) is 2.64. The predicted octanol–water partition coefficient (Wildman–Crippen LogP) is 5.03. The number of benzene rings is 2. The fourth-order valence-corrected chi connectivity index (χ4v) is 8.55. The zero-order valence-corrected chi connectivity index (χ0v) is 24.0. The summed E-state index contributed by atoms with van der Waals surface area (Å²) < 4.78 is 51.4. The van der Waals surface area contributed by atoms with Crippen LogP contribution in [0.2, 0.25) is 10.0 Å². The second-order valence-electron chi connectivity index (χ2n) is 8.77. The summed E-state index contributed by atoms with van der Waals surface area (Å²) in [4.78, 5) is 14.3. The summed E-state index contributed by atoms with van der Waals surface area (Å²) in [7, 11) is -5.59. The van der Waals surface area contributed by atoms with E-state index in [1.807, 2.05) is 19.2 Å². The van der Waals surface area contributed by atoms with Crippen LogP contribution in [-0.4, -0.2) is 69.9 Å². The Labute approximate surface area is 223 Å². The fraction of sp³-hybridized carbons (Fsp3) is 0.458. The highest BCUT2D eigenvalue weighted by molar-refractivity contribution is 7.89. The smallest absolute Gasteiger partial charge is 0.321 e. The van der Waals surface area contributed by atoms with Crippen molar-refractivity contribution in [3.63, 3.8) is 0 Å². The summed E-state index contributed by atoms with van der Waals surface area (Å²) in [5.74, 6) is -0.912. The van der Waals surface area contributed by atoms with Crippen molar-refractivity contribution in [2.45, 2.75) is 31.2 Å². The molecule has 1 heterocycles. The molecule has 0 aromatic heterocycles. The lowest BCUT2D eigenvalue weighted by molar-refractivity contribution is -0.143. The number of hydrogen-bond acceptors (Lipinski definition) is 7. The van der Waals surface area contributed by atoms with Crippen LogP contribution in [0.4, 0.5) is 0 Å². The Bertz CT molecular complexity index is 1270. The SMILES string of the molecule is CCOC(=O)CN(CP(C)(=O)OCC)S(=O)(=O)c1cccc(C2CN(C)Cc3c(Cl)cc(Cl)cc32)c1. The summed E-state index contributed by atoms with van der Waals surface area (Å²) >= 11 is 12.8. The van der Waals surface area contributed by atoms with Crippen LogP contribution in [0.5, 0.6) is 0 Å². The number of carbonyl (C=O) groups is 1. The van der Waals surface area contributed by atoms with Crippen molar-refractivity contribution in [1.82, 2.24) is 9.21 Å². The number of carbonyl (C=O) groups excluding carboxylic acids is 1. The Morgan fingerprint density at radius 2 is 1.92 bits per heavy atom. The number of sulfonamides is 1. The van der Waals surface area contributed by atoms with Crippen molar-refractivity contribution < 1.29 is 27.0 Å². The third-order valence-corrected chi connectivity index (χ3v) is 10.0. The highest BCUT2D eigenvalue weighted by Crippen LogP contribution is 2.44. The Morgan fingerprint density at radius 1 is 1.19 bits per heavy atom. The normalized spacial score (nSPS) is 18.0. The second kappa shape index (κ2) is 11.9. The maximum Gasteiger partial charge on any atom is 0.321 e. The first-order valence-corrected chi connectivity index (χ1v) is 16.0. The molecule has 0 amide bonds. The van der Waals surface area contributed by atoms with E-state index in [0.29, 0.717) is 23.1 Å². The van der Waals surface area contributed by atoms with Crippen LogP contribution < -0.4 is 0 Å². The molecule has 2 aromatic rings. The molecule has 2 aromatic carbocycles. The first kappa shape index (κ1) is 29.1. The standard InChI is InChI=1S/C24H31Cl2N2O6PS/c1-5-33-24(29)15-28(16-35(4,30)34-6-2)36(31,32)19-9-7-8-17(10-19)21-13-27(3)14-22-20(21)11-18(25)12-23(22)26/h7-12,21H,5-6,13-16H2,1-4H3. The van der Waals surface area contributed by atoms with Crippen LogP contribution in [0.25, 0.3) is 0 Å². The molecule has 198 valence electrons. The van der Waals surface area contributed by atoms with E-state index in [-0.39, 0.29) is 24.0 Å². The minimum atomic E-state index is -4.22. The van der Waals surface area contributed by atoms with E-state index >= 15 is 0 Å². The fourth-order valence-electron chi connectivity index (χ4n) is 4.33. The molecule has 1 aliphatic heterocycles. The highest BCUT2D eigenvalue weighted by atomic mass is 35.5. The number of hydrogen-bond donors (Lipinski definition) is 0. The minimum Gasteiger partial charge on any atom is -0.465 e. The molecule has 0 spiro atoms. The molecule has 2 atom stereocenters. The number of fused-ring (bicyclic) bond motifs is 1. The Kier molecular flexibility index (Phi) is 9.66. The molecular formula is C24H31Cl2N2O6PS. The van der Waals surface area contributed by atoms with E-state index in [2.05, 4.69) is 4.90 Å². The summed E-state index contributed by atoms with van der Waals surface area (Å²) in [6.07, 6.45) is -0.452. The molecule has 8 nitrogen and oxygen atoms in total. The van der Waals surface area contributed by atoms with Gasteiger partial charge in [0.2, 0.25) is 17.4 Å². The minimum absolute atomic E-state index is 0.0244.